The minimum atomic E-state index is -0.503. The lowest BCUT2D eigenvalue weighted by Gasteiger charge is -2.19. The van der Waals surface area contributed by atoms with Gasteiger partial charge in [-0.05, 0) is 26.0 Å². The van der Waals surface area contributed by atoms with E-state index in [0.717, 1.165) is 0 Å². The summed E-state index contributed by atoms with van der Waals surface area (Å²) in [4.78, 5) is 0. The standard InChI is InChI=1S/C12H18O4/c1-4-15-12(16-5-2)9-7-6-8-10(13)11(9)14-3/h6-8,12-13H,4-5H2,1-3H3. The van der Waals surface area contributed by atoms with Crippen LogP contribution in [0.2, 0.25) is 0 Å². The van der Waals surface area contributed by atoms with E-state index in [1.54, 1.807) is 12.1 Å². The first kappa shape index (κ1) is 12.8. The summed E-state index contributed by atoms with van der Waals surface area (Å²) in [5.41, 5.74) is 0.700. The van der Waals surface area contributed by atoms with Crippen molar-refractivity contribution in [3.05, 3.63) is 23.8 Å². The number of para-hydroxylation sites is 1. The maximum absolute atomic E-state index is 9.64. The molecule has 1 aromatic carbocycles. The summed E-state index contributed by atoms with van der Waals surface area (Å²) in [5, 5.41) is 9.64. The average molecular weight is 226 g/mol. The van der Waals surface area contributed by atoms with Crippen LogP contribution in [-0.2, 0) is 9.47 Å². The number of phenolic OH excluding ortho intramolecular Hbond substituents is 1. The average Bonchev–Trinajstić information content (AvgIpc) is 2.28. The molecule has 0 saturated heterocycles. The molecule has 0 bridgehead atoms. The molecule has 1 rings (SSSR count). The van der Waals surface area contributed by atoms with Crippen LogP contribution in [0, 0.1) is 0 Å². The molecule has 4 nitrogen and oxygen atoms in total. The van der Waals surface area contributed by atoms with E-state index in [9.17, 15) is 5.11 Å². The van der Waals surface area contributed by atoms with E-state index < -0.39 is 6.29 Å². The highest BCUT2D eigenvalue weighted by Gasteiger charge is 2.18. The monoisotopic (exact) mass is 226 g/mol. The Labute approximate surface area is 95.8 Å². The summed E-state index contributed by atoms with van der Waals surface area (Å²) in [6.45, 7) is 4.84. The highest BCUT2D eigenvalue weighted by atomic mass is 16.7. The van der Waals surface area contributed by atoms with Crippen molar-refractivity contribution in [1.29, 1.82) is 0 Å². The Kier molecular flexibility index (Phi) is 5.08. The molecule has 0 fully saturated rings. The van der Waals surface area contributed by atoms with Crippen LogP contribution in [0.1, 0.15) is 25.7 Å². The highest BCUT2D eigenvalue weighted by molar-refractivity contribution is 5.46. The van der Waals surface area contributed by atoms with Crippen molar-refractivity contribution in [2.45, 2.75) is 20.1 Å². The third kappa shape index (κ3) is 2.87. The number of rotatable bonds is 6. The van der Waals surface area contributed by atoms with Gasteiger partial charge in [-0.2, -0.15) is 0 Å². The summed E-state index contributed by atoms with van der Waals surface area (Å²) in [6.07, 6.45) is -0.503. The van der Waals surface area contributed by atoms with Crippen molar-refractivity contribution in [3.63, 3.8) is 0 Å². The molecule has 0 aliphatic heterocycles. The molecule has 1 aromatic rings. The maximum Gasteiger partial charge on any atom is 0.187 e. The zero-order valence-electron chi connectivity index (χ0n) is 9.90. The molecule has 0 atom stereocenters. The molecule has 16 heavy (non-hydrogen) atoms. The molecule has 4 heteroatoms. The normalized spacial score (nSPS) is 10.8. The second-order valence-corrected chi connectivity index (χ2v) is 3.14. The molecular formula is C12H18O4. The molecule has 0 unspecified atom stereocenters. The summed E-state index contributed by atoms with van der Waals surface area (Å²) in [7, 11) is 1.51. The number of methoxy groups -OCH3 is 1. The van der Waals surface area contributed by atoms with Crippen molar-refractivity contribution in [2.75, 3.05) is 20.3 Å². The minimum absolute atomic E-state index is 0.0874. The number of benzene rings is 1. The lowest BCUT2D eigenvalue weighted by Crippen LogP contribution is -2.10. The van der Waals surface area contributed by atoms with E-state index >= 15 is 0 Å². The van der Waals surface area contributed by atoms with E-state index in [4.69, 9.17) is 14.2 Å². The van der Waals surface area contributed by atoms with Gasteiger partial charge < -0.3 is 19.3 Å². The van der Waals surface area contributed by atoms with Gasteiger partial charge in [0.05, 0.1) is 12.7 Å². The molecule has 0 spiro atoms. The summed E-state index contributed by atoms with van der Waals surface area (Å²) < 4.78 is 16.0. The Morgan fingerprint density at radius 3 is 2.31 bits per heavy atom. The van der Waals surface area contributed by atoms with Crippen LogP contribution in [0.5, 0.6) is 11.5 Å². The first-order valence-corrected chi connectivity index (χ1v) is 5.33. The van der Waals surface area contributed by atoms with Gasteiger partial charge in [0.1, 0.15) is 0 Å². The number of ether oxygens (including phenoxy) is 3. The fourth-order valence-electron chi connectivity index (χ4n) is 1.48. The first-order chi connectivity index (χ1) is 7.74. The Morgan fingerprint density at radius 2 is 1.81 bits per heavy atom. The van der Waals surface area contributed by atoms with E-state index in [-0.39, 0.29) is 5.75 Å². The molecule has 0 saturated carbocycles. The number of hydrogen-bond acceptors (Lipinski definition) is 4. The fourth-order valence-corrected chi connectivity index (χ4v) is 1.48. The van der Waals surface area contributed by atoms with Crippen molar-refractivity contribution in [3.8, 4) is 11.5 Å². The fraction of sp³-hybridized carbons (Fsp3) is 0.500. The Balaban J connectivity index is 3.02. The van der Waals surface area contributed by atoms with Gasteiger partial charge in [-0.3, -0.25) is 0 Å². The second kappa shape index (κ2) is 6.35. The number of phenols is 1. The topological polar surface area (TPSA) is 47.9 Å². The lowest BCUT2D eigenvalue weighted by molar-refractivity contribution is -0.141. The Morgan fingerprint density at radius 1 is 1.19 bits per heavy atom. The van der Waals surface area contributed by atoms with E-state index in [2.05, 4.69) is 0 Å². The largest absolute Gasteiger partial charge is 0.504 e. The van der Waals surface area contributed by atoms with Crippen molar-refractivity contribution < 1.29 is 19.3 Å². The van der Waals surface area contributed by atoms with Crippen LogP contribution in [0.3, 0.4) is 0 Å². The van der Waals surface area contributed by atoms with E-state index in [1.165, 1.54) is 7.11 Å². The molecule has 1 N–H and O–H groups in total. The number of aromatic hydroxyl groups is 1. The highest BCUT2D eigenvalue weighted by Crippen LogP contribution is 2.35. The maximum atomic E-state index is 9.64. The molecule has 0 aliphatic rings. The summed E-state index contributed by atoms with van der Waals surface area (Å²) in [5.74, 6) is 0.485. The van der Waals surface area contributed by atoms with Gasteiger partial charge in [-0.1, -0.05) is 6.07 Å². The molecule has 0 radical (unpaired) electrons. The van der Waals surface area contributed by atoms with Crippen molar-refractivity contribution in [1.82, 2.24) is 0 Å². The molecule has 0 amide bonds. The molecule has 0 aliphatic carbocycles. The third-order valence-corrected chi connectivity index (χ3v) is 2.12. The van der Waals surface area contributed by atoms with E-state index in [1.807, 2.05) is 19.9 Å². The third-order valence-electron chi connectivity index (χ3n) is 2.12. The van der Waals surface area contributed by atoms with Gasteiger partial charge in [-0.15, -0.1) is 0 Å². The van der Waals surface area contributed by atoms with Crippen LogP contribution in [-0.4, -0.2) is 25.4 Å². The molecule has 0 aromatic heterocycles. The van der Waals surface area contributed by atoms with Crippen LogP contribution in [0.25, 0.3) is 0 Å². The smallest absolute Gasteiger partial charge is 0.187 e. The molecule has 0 heterocycles. The predicted octanol–water partition coefficient (Wildman–Crippen LogP) is 2.47. The zero-order valence-corrected chi connectivity index (χ0v) is 9.90. The summed E-state index contributed by atoms with van der Waals surface area (Å²) >= 11 is 0. The summed E-state index contributed by atoms with van der Waals surface area (Å²) in [6, 6.07) is 5.12. The number of hydrogen-bond donors (Lipinski definition) is 1. The second-order valence-electron chi connectivity index (χ2n) is 3.14. The van der Waals surface area contributed by atoms with Crippen molar-refractivity contribution in [2.24, 2.45) is 0 Å². The van der Waals surface area contributed by atoms with E-state index in [0.29, 0.717) is 24.5 Å². The quantitative estimate of drug-likeness (QED) is 0.757. The molecule has 90 valence electrons. The van der Waals surface area contributed by atoms with Crippen LogP contribution < -0.4 is 4.74 Å². The predicted molar refractivity (Wildman–Crippen MR) is 60.7 cm³/mol. The van der Waals surface area contributed by atoms with Gasteiger partial charge in [-0.25, -0.2) is 0 Å². The Hall–Kier alpha value is -1.26. The molecular weight excluding hydrogens is 208 g/mol. The first-order valence-electron chi connectivity index (χ1n) is 5.33. The van der Waals surface area contributed by atoms with Crippen LogP contribution >= 0.6 is 0 Å². The van der Waals surface area contributed by atoms with Crippen molar-refractivity contribution >= 4 is 0 Å². The van der Waals surface area contributed by atoms with Crippen LogP contribution in [0.15, 0.2) is 18.2 Å². The van der Waals surface area contributed by atoms with Gasteiger partial charge in [0, 0.05) is 13.2 Å². The lowest BCUT2D eigenvalue weighted by atomic mass is 10.1. The van der Waals surface area contributed by atoms with Gasteiger partial charge in [0.15, 0.2) is 17.8 Å². The van der Waals surface area contributed by atoms with Gasteiger partial charge in [0.25, 0.3) is 0 Å². The minimum Gasteiger partial charge on any atom is -0.504 e. The van der Waals surface area contributed by atoms with Gasteiger partial charge in [0.2, 0.25) is 0 Å². The van der Waals surface area contributed by atoms with Crippen LogP contribution in [0.4, 0.5) is 0 Å². The SMILES string of the molecule is CCOC(OCC)c1cccc(O)c1OC. The Bertz CT molecular complexity index is 319. The zero-order chi connectivity index (χ0) is 12.0. The van der Waals surface area contributed by atoms with Gasteiger partial charge >= 0.3 is 0 Å².